The van der Waals surface area contributed by atoms with E-state index < -0.39 is 5.91 Å². The van der Waals surface area contributed by atoms with Crippen molar-refractivity contribution in [2.45, 2.75) is 0 Å². The number of phenolic OH excluding ortho intramolecular Hbond substituents is 1. The smallest absolute Gasteiger partial charge is 0.289 e. The fourth-order valence-electron chi connectivity index (χ4n) is 2.45. The van der Waals surface area contributed by atoms with Crippen LogP contribution >= 0.6 is 0 Å². The van der Waals surface area contributed by atoms with Crippen molar-refractivity contribution in [2.75, 3.05) is 14.2 Å². The summed E-state index contributed by atoms with van der Waals surface area (Å²) >= 11 is 0. The van der Waals surface area contributed by atoms with E-state index in [-0.39, 0.29) is 11.4 Å². The summed E-state index contributed by atoms with van der Waals surface area (Å²) in [6.07, 6.45) is 1.41. The maximum absolute atomic E-state index is 12.2. The molecule has 3 rings (SSSR count). The zero-order valence-corrected chi connectivity index (χ0v) is 14.8. The molecule has 0 atom stereocenters. The Hall–Kier alpha value is -3.81. The van der Waals surface area contributed by atoms with Gasteiger partial charge in [-0.1, -0.05) is 12.1 Å². The lowest BCUT2D eigenvalue weighted by atomic mass is 10.1. The van der Waals surface area contributed by atoms with Crippen LogP contribution in [-0.2, 0) is 0 Å². The number of amides is 1. The zero-order chi connectivity index (χ0) is 19.2. The van der Waals surface area contributed by atoms with Crippen molar-refractivity contribution in [3.63, 3.8) is 0 Å². The highest BCUT2D eigenvalue weighted by Gasteiger charge is 2.13. The van der Waals surface area contributed by atoms with Gasteiger partial charge in [-0.15, -0.1) is 0 Å². The SMILES string of the molecule is COc1ccc(C=NNC(=O)c2cc(-c3ccccc3OC)n[nH]2)cc1O. The minimum atomic E-state index is -0.447. The summed E-state index contributed by atoms with van der Waals surface area (Å²) in [4.78, 5) is 12.2. The molecular weight excluding hydrogens is 348 g/mol. The molecule has 0 bridgehead atoms. The van der Waals surface area contributed by atoms with Crippen molar-refractivity contribution in [3.8, 4) is 28.5 Å². The van der Waals surface area contributed by atoms with Gasteiger partial charge < -0.3 is 14.6 Å². The van der Waals surface area contributed by atoms with Gasteiger partial charge in [-0.3, -0.25) is 9.89 Å². The standard InChI is InChI=1S/C19H18N4O4/c1-26-17-6-4-3-5-13(17)14-10-15(22-21-14)19(25)23-20-11-12-7-8-18(27-2)16(24)9-12/h3-11,24H,1-2H3,(H,21,22)(H,23,25). The number of carbonyl (C=O) groups is 1. The molecule has 0 radical (unpaired) electrons. The molecule has 3 aromatic rings. The number of ether oxygens (including phenoxy) is 2. The number of nitrogens with zero attached hydrogens (tertiary/aromatic N) is 2. The zero-order valence-electron chi connectivity index (χ0n) is 14.8. The predicted octanol–water partition coefficient (Wildman–Crippen LogP) is 2.56. The van der Waals surface area contributed by atoms with Crippen molar-refractivity contribution in [1.82, 2.24) is 15.6 Å². The Balaban J connectivity index is 1.69. The molecule has 0 aliphatic rings. The van der Waals surface area contributed by atoms with Gasteiger partial charge in [-0.2, -0.15) is 10.2 Å². The molecule has 0 spiro atoms. The lowest BCUT2D eigenvalue weighted by Gasteiger charge is -2.04. The Labute approximate surface area is 155 Å². The van der Waals surface area contributed by atoms with E-state index in [1.807, 2.05) is 24.3 Å². The summed E-state index contributed by atoms with van der Waals surface area (Å²) in [5, 5.41) is 20.4. The Morgan fingerprint density at radius 2 is 1.93 bits per heavy atom. The van der Waals surface area contributed by atoms with Crippen LogP contribution in [0.25, 0.3) is 11.3 Å². The number of hydrogen-bond donors (Lipinski definition) is 3. The first-order valence-electron chi connectivity index (χ1n) is 8.01. The lowest BCUT2D eigenvalue weighted by Crippen LogP contribution is -2.18. The molecular formula is C19H18N4O4. The van der Waals surface area contributed by atoms with E-state index in [1.165, 1.54) is 19.4 Å². The average Bonchev–Trinajstić information content (AvgIpc) is 3.18. The summed E-state index contributed by atoms with van der Waals surface area (Å²) < 4.78 is 10.3. The third-order valence-corrected chi connectivity index (χ3v) is 3.79. The molecule has 1 heterocycles. The fourth-order valence-corrected chi connectivity index (χ4v) is 2.45. The highest BCUT2D eigenvalue weighted by Crippen LogP contribution is 2.28. The van der Waals surface area contributed by atoms with E-state index >= 15 is 0 Å². The maximum atomic E-state index is 12.2. The molecule has 1 amide bonds. The Morgan fingerprint density at radius 1 is 1.15 bits per heavy atom. The third kappa shape index (κ3) is 4.06. The van der Waals surface area contributed by atoms with E-state index in [1.54, 1.807) is 25.3 Å². The second-order valence-electron chi connectivity index (χ2n) is 5.50. The maximum Gasteiger partial charge on any atom is 0.289 e. The van der Waals surface area contributed by atoms with Gasteiger partial charge in [0.25, 0.3) is 5.91 Å². The number of aromatic nitrogens is 2. The first-order chi connectivity index (χ1) is 13.1. The Bertz CT molecular complexity index is 981. The van der Waals surface area contributed by atoms with E-state index in [9.17, 15) is 9.90 Å². The number of para-hydroxylation sites is 1. The van der Waals surface area contributed by atoms with Gasteiger partial charge in [-0.05, 0) is 42.0 Å². The van der Waals surface area contributed by atoms with Crippen molar-refractivity contribution in [2.24, 2.45) is 5.10 Å². The van der Waals surface area contributed by atoms with Crippen LogP contribution < -0.4 is 14.9 Å². The second kappa shape index (κ2) is 8.05. The number of carbonyl (C=O) groups excluding carboxylic acids is 1. The van der Waals surface area contributed by atoms with Crippen LogP contribution in [0.3, 0.4) is 0 Å². The monoisotopic (exact) mass is 366 g/mol. The van der Waals surface area contributed by atoms with Crippen LogP contribution in [0.2, 0.25) is 0 Å². The second-order valence-corrected chi connectivity index (χ2v) is 5.50. The van der Waals surface area contributed by atoms with Gasteiger partial charge in [0.2, 0.25) is 0 Å². The summed E-state index contributed by atoms with van der Waals surface area (Å²) in [7, 11) is 3.04. The summed E-state index contributed by atoms with van der Waals surface area (Å²) in [6, 6.07) is 13.8. The molecule has 2 aromatic carbocycles. The lowest BCUT2D eigenvalue weighted by molar-refractivity contribution is 0.0950. The van der Waals surface area contributed by atoms with Crippen molar-refractivity contribution in [3.05, 3.63) is 59.8 Å². The average molecular weight is 366 g/mol. The molecule has 27 heavy (non-hydrogen) atoms. The number of hydrazone groups is 1. The largest absolute Gasteiger partial charge is 0.504 e. The number of benzene rings is 2. The summed E-state index contributed by atoms with van der Waals surface area (Å²) in [5.74, 6) is 0.561. The molecule has 0 aliphatic carbocycles. The van der Waals surface area contributed by atoms with E-state index in [4.69, 9.17) is 9.47 Å². The number of rotatable bonds is 6. The quantitative estimate of drug-likeness (QED) is 0.459. The predicted molar refractivity (Wildman–Crippen MR) is 100 cm³/mol. The van der Waals surface area contributed by atoms with E-state index in [0.717, 1.165) is 5.56 Å². The third-order valence-electron chi connectivity index (χ3n) is 3.79. The van der Waals surface area contributed by atoms with Crippen molar-refractivity contribution >= 4 is 12.1 Å². The molecule has 0 fully saturated rings. The van der Waals surface area contributed by atoms with Gasteiger partial charge in [0, 0.05) is 5.56 Å². The minimum Gasteiger partial charge on any atom is -0.504 e. The highest BCUT2D eigenvalue weighted by atomic mass is 16.5. The molecule has 8 nitrogen and oxygen atoms in total. The summed E-state index contributed by atoms with van der Waals surface area (Å²) in [5.41, 5.74) is 4.62. The topological polar surface area (TPSA) is 109 Å². The molecule has 0 aliphatic heterocycles. The number of phenols is 1. The highest BCUT2D eigenvalue weighted by molar-refractivity contribution is 5.94. The number of methoxy groups -OCH3 is 2. The van der Waals surface area contributed by atoms with Crippen LogP contribution in [0.4, 0.5) is 0 Å². The number of nitrogens with one attached hydrogen (secondary N) is 2. The number of H-pyrrole nitrogens is 1. The van der Waals surface area contributed by atoms with Gasteiger partial charge >= 0.3 is 0 Å². The van der Waals surface area contributed by atoms with Gasteiger partial charge in [0.15, 0.2) is 11.5 Å². The number of hydrogen-bond acceptors (Lipinski definition) is 6. The molecule has 0 unspecified atom stereocenters. The van der Waals surface area contributed by atoms with Crippen LogP contribution in [0.15, 0.2) is 53.6 Å². The minimum absolute atomic E-state index is 0.0113. The molecule has 138 valence electrons. The Kier molecular flexibility index (Phi) is 5.36. The van der Waals surface area contributed by atoms with Gasteiger partial charge in [0.1, 0.15) is 11.4 Å². The van der Waals surface area contributed by atoms with Crippen LogP contribution in [0, 0.1) is 0 Å². The van der Waals surface area contributed by atoms with Gasteiger partial charge in [0.05, 0.1) is 26.1 Å². The molecule has 8 heteroatoms. The van der Waals surface area contributed by atoms with E-state index in [0.29, 0.717) is 22.8 Å². The van der Waals surface area contributed by atoms with Crippen LogP contribution in [0.5, 0.6) is 17.2 Å². The fraction of sp³-hybridized carbons (Fsp3) is 0.105. The molecule has 1 aromatic heterocycles. The molecule has 3 N–H and O–H groups in total. The van der Waals surface area contributed by atoms with Crippen LogP contribution in [-0.4, -0.2) is 41.6 Å². The van der Waals surface area contributed by atoms with Crippen molar-refractivity contribution in [1.29, 1.82) is 0 Å². The number of aromatic amines is 1. The normalized spacial score (nSPS) is 10.7. The van der Waals surface area contributed by atoms with Crippen LogP contribution in [0.1, 0.15) is 16.1 Å². The number of aromatic hydroxyl groups is 1. The summed E-state index contributed by atoms with van der Waals surface area (Å²) in [6.45, 7) is 0. The first-order valence-corrected chi connectivity index (χ1v) is 8.01. The van der Waals surface area contributed by atoms with E-state index in [2.05, 4.69) is 20.7 Å². The first kappa shape index (κ1) is 18.0. The molecule has 0 saturated heterocycles. The van der Waals surface area contributed by atoms with Crippen molar-refractivity contribution < 1.29 is 19.4 Å². The molecule has 0 saturated carbocycles. The Morgan fingerprint density at radius 3 is 2.67 bits per heavy atom. The van der Waals surface area contributed by atoms with Gasteiger partial charge in [-0.25, -0.2) is 5.43 Å².